The van der Waals surface area contributed by atoms with E-state index in [0.29, 0.717) is 26.1 Å². The molecule has 5 nitrogen and oxygen atoms in total. The van der Waals surface area contributed by atoms with Crippen LogP contribution in [-0.2, 0) is 25.5 Å². The Balaban J connectivity index is 2.03. The third-order valence-corrected chi connectivity index (χ3v) is 3.62. The second kappa shape index (κ2) is 7.22. The molecule has 0 unspecified atom stereocenters. The summed E-state index contributed by atoms with van der Waals surface area (Å²) in [5.41, 5.74) is 2.11. The quantitative estimate of drug-likeness (QED) is 0.829. The first-order valence-corrected chi connectivity index (χ1v) is 7.11. The van der Waals surface area contributed by atoms with Gasteiger partial charge in [-0.05, 0) is 18.9 Å². The average molecular weight is 291 g/mol. The van der Waals surface area contributed by atoms with E-state index in [0.717, 1.165) is 11.1 Å². The highest BCUT2D eigenvalue weighted by Gasteiger charge is 2.28. The van der Waals surface area contributed by atoms with Crippen LogP contribution in [0.2, 0.25) is 0 Å². The lowest BCUT2D eigenvalue weighted by molar-refractivity contribution is -0.145. The van der Waals surface area contributed by atoms with Crippen LogP contribution in [0.25, 0.3) is 0 Å². The minimum Gasteiger partial charge on any atom is -0.467 e. The molecule has 0 radical (unpaired) electrons. The predicted molar refractivity (Wildman–Crippen MR) is 77.8 cm³/mol. The van der Waals surface area contributed by atoms with Gasteiger partial charge in [0.15, 0.2) is 0 Å². The number of aryl methyl sites for hydroxylation is 1. The van der Waals surface area contributed by atoms with Gasteiger partial charge in [0.05, 0.1) is 19.6 Å². The maximum atomic E-state index is 12.1. The van der Waals surface area contributed by atoms with Crippen molar-refractivity contribution in [2.75, 3.05) is 20.3 Å². The summed E-state index contributed by atoms with van der Waals surface area (Å²) in [4.78, 5) is 24.0. The van der Waals surface area contributed by atoms with Crippen LogP contribution in [-0.4, -0.2) is 38.2 Å². The molecule has 1 fully saturated rings. The number of benzene rings is 1. The van der Waals surface area contributed by atoms with Crippen LogP contribution in [0.3, 0.4) is 0 Å². The van der Waals surface area contributed by atoms with Crippen molar-refractivity contribution in [3.05, 3.63) is 35.4 Å². The van der Waals surface area contributed by atoms with E-state index in [-0.39, 0.29) is 11.8 Å². The highest BCUT2D eigenvalue weighted by molar-refractivity contribution is 5.86. The summed E-state index contributed by atoms with van der Waals surface area (Å²) < 4.78 is 10.00. The first kappa shape index (κ1) is 15.5. The molecule has 1 aliphatic heterocycles. The largest absolute Gasteiger partial charge is 0.467 e. The second-order valence-electron chi connectivity index (χ2n) is 5.34. The Bertz CT molecular complexity index is 509. The predicted octanol–water partition coefficient (Wildman–Crippen LogP) is 1.23. The van der Waals surface area contributed by atoms with Crippen molar-refractivity contribution >= 4 is 11.9 Å². The summed E-state index contributed by atoms with van der Waals surface area (Å²) in [6.07, 6.45) is 1.12. The molecule has 1 aromatic carbocycles. The summed E-state index contributed by atoms with van der Waals surface area (Å²) in [6.45, 7) is 3.01. The van der Waals surface area contributed by atoms with E-state index in [1.54, 1.807) is 0 Å². The van der Waals surface area contributed by atoms with Gasteiger partial charge in [0.1, 0.15) is 6.04 Å². The topological polar surface area (TPSA) is 64.6 Å². The van der Waals surface area contributed by atoms with Gasteiger partial charge in [-0.1, -0.05) is 29.8 Å². The molecular weight excluding hydrogens is 270 g/mol. The van der Waals surface area contributed by atoms with Crippen LogP contribution in [0, 0.1) is 12.8 Å². The number of esters is 1. The van der Waals surface area contributed by atoms with Gasteiger partial charge in [0.25, 0.3) is 0 Å². The fourth-order valence-electron chi connectivity index (χ4n) is 2.44. The zero-order chi connectivity index (χ0) is 15.2. The van der Waals surface area contributed by atoms with E-state index in [1.807, 2.05) is 31.2 Å². The van der Waals surface area contributed by atoms with Crippen LogP contribution in [0.15, 0.2) is 24.3 Å². The molecule has 114 valence electrons. The summed E-state index contributed by atoms with van der Waals surface area (Å²) in [7, 11) is 1.33. The Morgan fingerprint density at radius 2 is 2.29 bits per heavy atom. The molecule has 0 bridgehead atoms. The number of ether oxygens (including phenoxy) is 2. The van der Waals surface area contributed by atoms with Crippen molar-refractivity contribution in [2.45, 2.75) is 25.8 Å². The van der Waals surface area contributed by atoms with E-state index in [4.69, 9.17) is 9.47 Å². The maximum Gasteiger partial charge on any atom is 0.328 e. The molecule has 5 heteroatoms. The molecular formula is C16H21NO4. The van der Waals surface area contributed by atoms with Crippen molar-refractivity contribution in [2.24, 2.45) is 5.92 Å². The highest BCUT2D eigenvalue weighted by Crippen LogP contribution is 2.14. The van der Waals surface area contributed by atoms with Gasteiger partial charge in [-0.15, -0.1) is 0 Å². The SMILES string of the molecule is COC(=O)[C@H](Cc1cccc(C)c1)NC(=O)[C@@H]1CCOC1. The molecule has 1 aromatic rings. The Morgan fingerprint density at radius 1 is 1.48 bits per heavy atom. The van der Waals surface area contributed by atoms with Crippen LogP contribution in [0.1, 0.15) is 17.5 Å². The van der Waals surface area contributed by atoms with Gasteiger partial charge in [0, 0.05) is 13.0 Å². The lowest BCUT2D eigenvalue weighted by Crippen LogP contribution is -2.45. The number of carbonyl (C=O) groups excluding carboxylic acids is 2. The number of methoxy groups -OCH3 is 1. The number of hydrogen-bond donors (Lipinski definition) is 1. The molecule has 21 heavy (non-hydrogen) atoms. The fraction of sp³-hybridized carbons (Fsp3) is 0.500. The lowest BCUT2D eigenvalue weighted by Gasteiger charge is -2.18. The van der Waals surface area contributed by atoms with E-state index in [2.05, 4.69) is 5.32 Å². The Hall–Kier alpha value is -1.88. The summed E-state index contributed by atoms with van der Waals surface area (Å²) >= 11 is 0. The van der Waals surface area contributed by atoms with Crippen molar-refractivity contribution in [3.63, 3.8) is 0 Å². The van der Waals surface area contributed by atoms with E-state index >= 15 is 0 Å². The molecule has 0 aliphatic carbocycles. The lowest BCUT2D eigenvalue weighted by atomic mass is 10.0. The number of amides is 1. The van der Waals surface area contributed by atoms with Crippen molar-refractivity contribution < 1.29 is 19.1 Å². The van der Waals surface area contributed by atoms with Crippen LogP contribution >= 0.6 is 0 Å². The van der Waals surface area contributed by atoms with Gasteiger partial charge in [-0.3, -0.25) is 4.79 Å². The van der Waals surface area contributed by atoms with E-state index in [9.17, 15) is 9.59 Å². The molecule has 2 atom stereocenters. The van der Waals surface area contributed by atoms with Crippen LogP contribution in [0.4, 0.5) is 0 Å². The molecule has 0 aromatic heterocycles. The summed E-state index contributed by atoms with van der Waals surface area (Å²) in [6, 6.07) is 7.20. The molecule has 2 rings (SSSR count). The first-order chi connectivity index (χ1) is 10.1. The molecule has 1 amide bonds. The summed E-state index contributed by atoms with van der Waals surface area (Å²) in [5, 5.41) is 2.78. The Labute approximate surface area is 124 Å². The first-order valence-electron chi connectivity index (χ1n) is 7.11. The second-order valence-corrected chi connectivity index (χ2v) is 5.34. The zero-order valence-electron chi connectivity index (χ0n) is 12.4. The smallest absolute Gasteiger partial charge is 0.328 e. The third-order valence-electron chi connectivity index (χ3n) is 3.62. The van der Waals surface area contributed by atoms with Gasteiger partial charge in [-0.2, -0.15) is 0 Å². The van der Waals surface area contributed by atoms with Gasteiger partial charge < -0.3 is 14.8 Å². The number of carbonyl (C=O) groups is 2. The standard InChI is InChI=1S/C16H21NO4/c1-11-4-3-5-12(8-11)9-14(16(19)20-2)17-15(18)13-6-7-21-10-13/h3-5,8,13-14H,6-7,9-10H2,1-2H3,(H,17,18)/t13-,14+/m1/s1. The molecule has 1 aliphatic rings. The average Bonchev–Trinajstić information content (AvgIpc) is 3.00. The molecule has 1 heterocycles. The van der Waals surface area contributed by atoms with Crippen LogP contribution < -0.4 is 5.32 Å². The van der Waals surface area contributed by atoms with Crippen LogP contribution in [0.5, 0.6) is 0 Å². The highest BCUT2D eigenvalue weighted by atomic mass is 16.5. The fourth-order valence-corrected chi connectivity index (χ4v) is 2.44. The molecule has 1 saturated heterocycles. The minimum atomic E-state index is -0.662. The van der Waals surface area contributed by atoms with Crippen molar-refractivity contribution in [1.29, 1.82) is 0 Å². The number of rotatable bonds is 5. The van der Waals surface area contributed by atoms with E-state index < -0.39 is 12.0 Å². The molecule has 0 saturated carbocycles. The number of nitrogens with one attached hydrogen (secondary N) is 1. The molecule has 0 spiro atoms. The minimum absolute atomic E-state index is 0.143. The van der Waals surface area contributed by atoms with Gasteiger partial charge in [-0.25, -0.2) is 4.79 Å². The monoisotopic (exact) mass is 291 g/mol. The van der Waals surface area contributed by atoms with Crippen molar-refractivity contribution in [3.8, 4) is 0 Å². The zero-order valence-corrected chi connectivity index (χ0v) is 12.4. The summed E-state index contributed by atoms with van der Waals surface area (Å²) in [5.74, 6) is -0.742. The van der Waals surface area contributed by atoms with Gasteiger partial charge in [0.2, 0.25) is 5.91 Å². The third kappa shape index (κ3) is 4.29. The Morgan fingerprint density at radius 3 is 2.90 bits per heavy atom. The number of hydrogen-bond acceptors (Lipinski definition) is 4. The molecule has 1 N–H and O–H groups in total. The normalized spacial score (nSPS) is 19.0. The maximum absolute atomic E-state index is 12.1. The van der Waals surface area contributed by atoms with Gasteiger partial charge >= 0.3 is 5.97 Å². The van der Waals surface area contributed by atoms with Crippen molar-refractivity contribution in [1.82, 2.24) is 5.32 Å². The van der Waals surface area contributed by atoms with E-state index in [1.165, 1.54) is 7.11 Å². The Kier molecular flexibility index (Phi) is 5.33.